The molecule has 78 valence electrons. The van der Waals surface area contributed by atoms with E-state index in [1.807, 2.05) is 24.3 Å². The van der Waals surface area contributed by atoms with Gasteiger partial charge in [0.2, 0.25) is 5.89 Å². The van der Waals surface area contributed by atoms with Gasteiger partial charge in [-0.05, 0) is 12.1 Å². The Bertz CT molecular complexity index is 451. The van der Waals surface area contributed by atoms with Crippen molar-refractivity contribution in [2.75, 3.05) is 7.11 Å². The molecule has 1 aromatic heterocycles. The first-order valence-electron chi connectivity index (χ1n) is 4.54. The minimum Gasteiger partial charge on any atom is -0.496 e. The fraction of sp³-hybridized carbons (Fsp3) is 0.182. The van der Waals surface area contributed by atoms with Crippen LogP contribution in [0.25, 0.3) is 11.3 Å². The molecule has 1 aromatic carbocycles. The lowest BCUT2D eigenvalue weighted by molar-refractivity contribution is 0.240. The molecule has 15 heavy (non-hydrogen) atoms. The molecular formula is C11H11NO3. The van der Waals surface area contributed by atoms with Gasteiger partial charge < -0.3 is 14.3 Å². The molecule has 0 spiro atoms. The van der Waals surface area contributed by atoms with Gasteiger partial charge in [-0.15, -0.1) is 0 Å². The summed E-state index contributed by atoms with van der Waals surface area (Å²) in [5, 5.41) is 8.84. The third-order valence-electron chi connectivity index (χ3n) is 2.07. The van der Waals surface area contributed by atoms with Gasteiger partial charge in [0.15, 0.2) is 0 Å². The van der Waals surface area contributed by atoms with Crippen LogP contribution in [0.4, 0.5) is 0 Å². The second-order valence-electron chi connectivity index (χ2n) is 2.98. The van der Waals surface area contributed by atoms with E-state index in [2.05, 4.69) is 4.98 Å². The zero-order valence-corrected chi connectivity index (χ0v) is 8.30. The van der Waals surface area contributed by atoms with Crippen LogP contribution in [0.1, 0.15) is 5.89 Å². The molecule has 0 aliphatic heterocycles. The summed E-state index contributed by atoms with van der Waals surface area (Å²) in [5.41, 5.74) is 1.51. The lowest BCUT2D eigenvalue weighted by atomic mass is 10.1. The number of oxazole rings is 1. The Morgan fingerprint density at radius 3 is 2.87 bits per heavy atom. The lowest BCUT2D eigenvalue weighted by Gasteiger charge is -2.03. The number of nitrogens with zero attached hydrogens (tertiary/aromatic N) is 1. The Balaban J connectivity index is 2.44. The highest BCUT2D eigenvalue weighted by atomic mass is 16.5. The molecule has 0 atom stereocenters. The molecule has 0 radical (unpaired) electrons. The first-order chi connectivity index (χ1) is 7.35. The van der Waals surface area contributed by atoms with Crippen LogP contribution >= 0.6 is 0 Å². The Hall–Kier alpha value is -1.81. The summed E-state index contributed by atoms with van der Waals surface area (Å²) >= 11 is 0. The van der Waals surface area contributed by atoms with Gasteiger partial charge in [0.1, 0.15) is 24.3 Å². The van der Waals surface area contributed by atoms with E-state index in [1.165, 1.54) is 6.26 Å². The number of para-hydroxylation sites is 1. The van der Waals surface area contributed by atoms with E-state index in [9.17, 15) is 0 Å². The summed E-state index contributed by atoms with van der Waals surface area (Å²) in [6, 6.07) is 7.51. The Kier molecular flexibility index (Phi) is 2.69. The van der Waals surface area contributed by atoms with Crippen molar-refractivity contribution in [2.24, 2.45) is 0 Å². The second-order valence-corrected chi connectivity index (χ2v) is 2.98. The summed E-state index contributed by atoms with van der Waals surface area (Å²) in [5.74, 6) is 1.03. The molecule has 0 saturated carbocycles. The number of aromatic nitrogens is 1. The monoisotopic (exact) mass is 205 g/mol. The number of ether oxygens (including phenoxy) is 1. The summed E-state index contributed by atoms with van der Waals surface area (Å²) in [7, 11) is 1.60. The van der Waals surface area contributed by atoms with Gasteiger partial charge in [-0.3, -0.25) is 0 Å². The van der Waals surface area contributed by atoms with Crippen LogP contribution in [0.3, 0.4) is 0 Å². The lowest BCUT2D eigenvalue weighted by Crippen LogP contribution is -1.88. The smallest absolute Gasteiger partial charge is 0.220 e. The summed E-state index contributed by atoms with van der Waals surface area (Å²) < 4.78 is 10.2. The Labute approximate surface area is 87.1 Å². The van der Waals surface area contributed by atoms with Crippen molar-refractivity contribution in [3.8, 4) is 17.0 Å². The van der Waals surface area contributed by atoms with Crippen LogP contribution in [0.5, 0.6) is 5.75 Å². The van der Waals surface area contributed by atoms with Gasteiger partial charge in [-0.25, -0.2) is 4.98 Å². The first kappa shape index (κ1) is 9.73. The van der Waals surface area contributed by atoms with Crippen molar-refractivity contribution in [1.29, 1.82) is 0 Å². The highest BCUT2D eigenvalue weighted by Crippen LogP contribution is 2.28. The van der Waals surface area contributed by atoms with Gasteiger partial charge >= 0.3 is 0 Å². The molecule has 1 heterocycles. The van der Waals surface area contributed by atoms with E-state index in [4.69, 9.17) is 14.3 Å². The number of aliphatic hydroxyl groups excluding tert-OH is 1. The van der Waals surface area contributed by atoms with Crippen LogP contribution in [0.15, 0.2) is 34.9 Å². The van der Waals surface area contributed by atoms with E-state index in [1.54, 1.807) is 7.11 Å². The summed E-state index contributed by atoms with van der Waals surface area (Å²) in [4.78, 5) is 4.11. The average molecular weight is 205 g/mol. The SMILES string of the molecule is COc1ccccc1-c1coc(CO)n1. The van der Waals surface area contributed by atoms with E-state index in [0.29, 0.717) is 11.6 Å². The maximum atomic E-state index is 8.84. The second kappa shape index (κ2) is 4.14. The normalized spacial score (nSPS) is 10.3. The third kappa shape index (κ3) is 1.85. The van der Waals surface area contributed by atoms with Crippen LogP contribution in [0, 0.1) is 0 Å². The van der Waals surface area contributed by atoms with Crippen LogP contribution in [0.2, 0.25) is 0 Å². The maximum absolute atomic E-state index is 8.84. The van der Waals surface area contributed by atoms with Gasteiger partial charge in [0.05, 0.1) is 7.11 Å². The van der Waals surface area contributed by atoms with Crippen molar-refractivity contribution in [1.82, 2.24) is 4.98 Å². The number of methoxy groups -OCH3 is 1. The fourth-order valence-corrected chi connectivity index (χ4v) is 1.36. The Morgan fingerprint density at radius 1 is 1.40 bits per heavy atom. The predicted molar refractivity (Wildman–Crippen MR) is 54.4 cm³/mol. The summed E-state index contributed by atoms with van der Waals surface area (Å²) in [6.45, 7) is -0.199. The molecule has 4 heteroatoms. The highest BCUT2D eigenvalue weighted by molar-refractivity contribution is 5.66. The average Bonchev–Trinajstić information content (AvgIpc) is 2.77. The quantitative estimate of drug-likeness (QED) is 0.830. The van der Waals surface area contributed by atoms with Gasteiger partial charge in [-0.1, -0.05) is 12.1 Å². The highest BCUT2D eigenvalue weighted by Gasteiger charge is 2.09. The predicted octanol–water partition coefficient (Wildman–Crippen LogP) is 1.84. The molecule has 0 aliphatic carbocycles. The van der Waals surface area contributed by atoms with Crippen LogP contribution < -0.4 is 4.74 Å². The minimum atomic E-state index is -0.199. The van der Waals surface area contributed by atoms with E-state index in [0.717, 1.165) is 11.3 Å². The van der Waals surface area contributed by atoms with E-state index >= 15 is 0 Å². The molecule has 0 amide bonds. The van der Waals surface area contributed by atoms with Crippen molar-refractivity contribution < 1.29 is 14.3 Å². The Morgan fingerprint density at radius 2 is 2.20 bits per heavy atom. The van der Waals surface area contributed by atoms with E-state index in [-0.39, 0.29) is 6.61 Å². The van der Waals surface area contributed by atoms with Crippen LogP contribution in [-0.4, -0.2) is 17.2 Å². The van der Waals surface area contributed by atoms with Gasteiger partial charge in [-0.2, -0.15) is 0 Å². The van der Waals surface area contributed by atoms with E-state index < -0.39 is 0 Å². The molecule has 0 fully saturated rings. The van der Waals surface area contributed by atoms with Crippen molar-refractivity contribution in [3.63, 3.8) is 0 Å². The summed E-state index contributed by atoms with van der Waals surface area (Å²) in [6.07, 6.45) is 1.50. The zero-order chi connectivity index (χ0) is 10.7. The minimum absolute atomic E-state index is 0.199. The number of aliphatic hydroxyl groups is 1. The number of benzene rings is 1. The fourth-order valence-electron chi connectivity index (χ4n) is 1.36. The number of rotatable bonds is 3. The van der Waals surface area contributed by atoms with Crippen molar-refractivity contribution in [3.05, 3.63) is 36.4 Å². The standard InChI is InChI=1S/C11H11NO3/c1-14-10-5-3-2-4-8(10)9-7-15-11(6-13)12-9/h2-5,7,13H,6H2,1H3. The molecular weight excluding hydrogens is 194 g/mol. The third-order valence-corrected chi connectivity index (χ3v) is 2.07. The van der Waals surface area contributed by atoms with Crippen molar-refractivity contribution in [2.45, 2.75) is 6.61 Å². The van der Waals surface area contributed by atoms with Gasteiger partial charge in [0, 0.05) is 5.56 Å². The maximum Gasteiger partial charge on any atom is 0.220 e. The molecule has 0 unspecified atom stereocenters. The largest absolute Gasteiger partial charge is 0.496 e. The number of hydrogen-bond donors (Lipinski definition) is 1. The molecule has 0 bridgehead atoms. The topological polar surface area (TPSA) is 55.5 Å². The molecule has 2 aromatic rings. The molecule has 1 N–H and O–H groups in total. The first-order valence-corrected chi connectivity index (χ1v) is 4.54. The molecule has 0 saturated heterocycles. The zero-order valence-electron chi connectivity index (χ0n) is 8.30. The molecule has 0 aliphatic rings. The molecule has 2 rings (SSSR count). The van der Waals surface area contributed by atoms with Crippen molar-refractivity contribution >= 4 is 0 Å². The van der Waals surface area contributed by atoms with Crippen LogP contribution in [-0.2, 0) is 6.61 Å². The van der Waals surface area contributed by atoms with Gasteiger partial charge in [0.25, 0.3) is 0 Å². The number of hydrogen-bond acceptors (Lipinski definition) is 4. The molecule has 4 nitrogen and oxygen atoms in total.